The number of hydrogen-bond acceptors (Lipinski definition) is 4. The summed E-state index contributed by atoms with van der Waals surface area (Å²) in [6.45, 7) is 0. The van der Waals surface area contributed by atoms with Crippen molar-refractivity contribution in [2.45, 2.75) is 0 Å². The van der Waals surface area contributed by atoms with E-state index in [9.17, 15) is 0 Å². The second-order valence-corrected chi connectivity index (χ2v) is 12.8. The molecule has 0 N–H and O–H groups in total. The molecule has 0 radical (unpaired) electrons. The molecule has 238 valence electrons. The van der Waals surface area contributed by atoms with Gasteiger partial charge in [-0.3, -0.25) is 0 Å². The molecule has 0 unspecified atom stereocenters. The molecule has 0 saturated carbocycles. The zero-order chi connectivity index (χ0) is 33.7. The molecule has 10 aromatic rings. The van der Waals surface area contributed by atoms with Crippen molar-refractivity contribution in [3.63, 3.8) is 0 Å². The third kappa shape index (κ3) is 5.04. The van der Waals surface area contributed by atoms with Crippen LogP contribution in [-0.2, 0) is 0 Å². The summed E-state index contributed by atoms with van der Waals surface area (Å²) >= 11 is 0. The second kappa shape index (κ2) is 11.9. The molecule has 8 aromatic carbocycles. The molecular weight excluding hydrogens is 623 g/mol. The molecule has 2 heterocycles. The van der Waals surface area contributed by atoms with Crippen LogP contribution in [0.15, 0.2) is 180 Å². The van der Waals surface area contributed by atoms with Gasteiger partial charge in [-0.05, 0) is 62.7 Å². The molecule has 0 bridgehead atoms. The van der Waals surface area contributed by atoms with E-state index in [1.54, 1.807) is 0 Å². The first-order valence-electron chi connectivity index (χ1n) is 17.1. The minimum atomic E-state index is 0.635. The third-order valence-electron chi connectivity index (χ3n) is 9.72. The largest absolute Gasteiger partial charge is 0.455 e. The summed E-state index contributed by atoms with van der Waals surface area (Å²) in [5.74, 6) is 1.92. The fourth-order valence-corrected chi connectivity index (χ4v) is 7.21. The number of nitrogens with zero attached hydrogens (tertiary/aromatic N) is 3. The van der Waals surface area contributed by atoms with Crippen LogP contribution in [0.5, 0.6) is 0 Å². The second-order valence-electron chi connectivity index (χ2n) is 12.8. The molecule has 0 aliphatic heterocycles. The maximum absolute atomic E-state index is 6.38. The van der Waals surface area contributed by atoms with Crippen molar-refractivity contribution in [2.75, 3.05) is 0 Å². The van der Waals surface area contributed by atoms with E-state index in [-0.39, 0.29) is 0 Å². The molecule has 0 aliphatic rings. The summed E-state index contributed by atoms with van der Waals surface area (Å²) in [6, 6.07) is 61.1. The van der Waals surface area contributed by atoms with Crippen molar-refractivity contribution < 1.29 is 4.42 Å². The topological polar surface area (TPSA) is 51.8 Å². The van der Waals surface area contributed by atoms with Gasteiger partial charge in [-0.1, -0.05) is 152 Å². The Hall–Kier alpha value is -6.91. The highest BCUT2D eigenvalue weighted by Gasteiger charge is 2.18. The van der Waals surface area contributed by atoms with Crippen LogP contribution >= 0.6 is 0 Å². The normalized spacial score (nSPS) is 11.5. The van der Waals surface area contributed by atoms with Gasteiger partial charge in [-0.25, -0.2) is 15.0 Å². The highest BCUT2D eigenvalue weighted by Crippen LogP contribution is 2.41. The number of hydrogen-bond donors (Lipinski definition) is 0. The quantitative estimate of drug-likeness (QED) is 0.186. The number of rotatable bonds is 5. The average Bonchev–Trinajstić information content (AvgIpc) is 3.59. The lowest BCUT2D eigenvalue weighted by molar-refractivity contribution is 0.672. The van der Waals surface area contributed by atoms with Crippen molar-refractivity contribution in [1.29, 1.82) is 0 Å². The maximum Gasteiger partial charge on any atom is 0.164 e. The van der Waals surface area contributed by atoms with Gasteiger partial charge in [0.25, 0.3) is 0 Å². The highest BCUT2D eigenvalue weighted by atomic mass is 16.3. The van der Waals surface area contributed by atoms with Crippen molar-refractivity contribution in [3.05, 3.63) is 176 Å². The Morgan fingerprint density at radius 2 is 0.804 bits per heavy atom. The van der Waals surface area contributed by atoms with E-state index < -0.39 is 0 Å². The van der Waals surface area contributed by atoms with Crippen molar-refractivity contribution in [3.8, 4) is 56.4 Å². The Bertz CT molecular complexity index is 2840. The van der Waals surface area contributed by atoms with E-state index in [1.165, 1.54) is 5.56 Å². The van der Waals surface area contributed by atoms with E-state index >= 15 is 0 Å². The molecular formula is C47H29N3O. The van der Waals surface area contributed by atoms with Crippen LogP contribution in [0, 0.1) is 0 Å². The van der Waals surface area contributed by atoms with E-state index in [4.69, 9.17) is 19.4 Å². The van der Waals surface area contributed by atoms with Crippen molar-refractivity contribution in [2.24, 2.45) is 0 Å². The zero-order valence-corrected chi connectivity index (χ0v) is 27.5. The Morgan fingerprint density at radius 1 is 0.314 bits per heavy atom. The lowest BCUT2D eigenvalue weighted by Gasteiger charge is -2.14. The van der Waals surface area contributed by atoms with Gasteiger partial charge < -0.3 is 4.42 Å². The Kier molecular flexibility index (Phi) is 6.78. The van der Waals surface area contributed by atoms with Gasteiger partial charge in [0.15, 0.2) is 17.5 Å². The summed E-state index contributed by atoms with van der Waals surface area (Å²) in [7, 11) is 0. The zero-order valence-electron chi connectivity index (χ0n) is 27.5. The van der Waals surface area contributed by atoms with Gasteiger partial charge in [0, 0.05) is 32.8 Å². The standard InChI is InChI=1S/C47H29N3O/c1-3-13-32(14-4-1)45-48-46(33-15-5-2-6-16-33)50-47(49-45)42-28-35-18-8-7-17-34(35)27-39(42)30-23-25-31(26-24-30)40-29-41-37-20-11-12-22-43(37)51-44(41)38-21-10-9-19-36(38)40/h1-29H. The molecule has 51 heavy (non-hydrogen) atoms. The van der Waals surface area contributed by atoms with Gasteiger partial charge in [0.2, 0.25) is 0 Å². The lowest BCUT2D eigenvalue weighted by atomic mass is 9.92. The molecule has 0 spiro atoms. The molecule has 0 atom stereocenters. The van der Waals surface area contributed by atoms with Crippen LogP contribution in [0.25, 0.3) is 99.9 Å². The van der Waals surface area contributed by atoms with Gasteiger partial charge in [0.05, 0.1) is 0 Å². The van der Waals surface area contributed by atoms with Crippen LogP contribution in [0.4, 0.5) is 0 Å². The summed E-state index contributed by atoms with van der Waals surface area (Å²) in [4.78, 5) is 15.2. The van der Waals surface area contributed by atoms with Crippen LogP contribution < -0.4 is 0 Å². The van der Waals surface area contributed by atoms with E-state index in [0.717, 1.165) is 76.9 Å². The SMILES string of the molecule is c1ccc(-c2nc(-c3ccccc3)nc(-c3cc4ccccc4cc3-c3ccc(-c4cc5c6ccccc6oc5c5ccccc45)cc3)n2)cc1. The fraction of sp³-hybridized carbons (Fsp3) is 0. The Labute approximate surface area is 294 Å². The smallest absolute Gasteiger partial charge is 0.164 e. The first kappa shape index (κ1) is 29.0. The van der Waals surface area contributed by atoms with E-state index in [0.29, 0.717) is 17.5 Å². The summed E-state index contributed by atoms with van der Waals surface area (Å²) < 4.78 is 6.38. The third-order valence-corrected chi connectivity index (χ3v) is 9.72. The number of fused-ring (bicyclic) bond motifs is 6. The molecule has 4 nitrogen and oxygen atoms in total. The minimum Gasteiger partial charge on any atom is -0.455 e. The van der Waals surface area contributed by atoms with Crippen molar-refractivity contribution in [1.82, 2.24) is 15.0 Å². The summed E-state index contributed by atoms with van der Waals surface area (Å²) in [5, 5.41) is 6.81. The molecule has 0 fully saturated rings. The van der Waals surface area contributed by atoms with E-state index in [1.807, 2.05) is 72.8 Å². The predicted molar refractivity (Wildman–Crippen MR) is 209 cm³/mol. The monoisotopic (exact) mass is 651 g/mol. The average molecular weight is 652 g/mol. The molecule has 0 amide bonds. The fourth-order valence-electron chi connectivity index (χ4n) is 7.21. The van der Waals surface area contributed by atoms with E-state index in [2.05, 4.69) is 103 Å². The number of furan rings is 1. The summed E-state index contributed by atoms with van der Waals surface area (Å²) in [6.07, 6.45) is 0. The van der Waals surface area contributed by atoms with Crippen LogP contribution in [-0.4, -0.2) is 15.0 Å². The van der Waals surface area contributed by atoms with Crippen molar-refractivity contribution >= 4 is 43.5 Å². The molecule has 4 heteroatoms. The maximum atomic E-state index is 6.38. The van der Waals surface area contributed by atoms with Gasteiger partial charge in [-0.15, -0.1) is 0 Å². The van der Waals surface area contributed by atoms with Crippen LogP contribution in [0.1, 0.15) is 0 Å². The van der Waals surface area contributed by atoms with Crippen LogP contribution in [0.3, 0.4) is 0 Å². The Balaban J connectivity index is 1.16. The molecule has 10 rings (SSSR count). The number of benzene rings is 8. The lowest BCUT2D eigenvalue weighted by Crippen LogP contribution is -2.01. The summed E-state index contributed by atoms with van der Waals surface area (Å²) in [5.41, 5.74) is 9.13. The Morgan fingerprint density at radius 3 is 1.45 bits per heavy atom. The molecule has 2 aromatic heterocycles. The number of para-hydroxylation sites is 1. The molecule has 0 aliphatic carbocycles. The number of aromatic nitrogens is 3. The predicted octanol–water partition coefficient (Wildman–Crippen LogP) is 12.4. The first-order chi connectivity index (χ1) is 25.3. The van der Waals surface area contributed by atoms with Crippen LogP contribution in [0.2, 0.25) is 0 Å². The minimum absolute atomic E-state index is 0.635. The van der Waals surface area contributed by atoms with Gasteiger partial charge in [-0.2, -0.15) is 0 Å². The van der Waals surface area contributed by atoms with Gasteiger partial charge >= 0.3 is 0 Å². The van der Waals surface area contributed by atoms with Gasteiger partial charge in [0.1, 0.15) is 11.2 Å². The first-order valence-corrected chi connectivity index (χ1v) is 17.1. The highest BCUT2D eigenvalue weighted by molar-refractivity contribution is 6.19. The molecule has 0 saturated heterocycles.